The number of carbonyl (C=O) groups excluding carboxylic acids is 1. The van der Waals surface area contributed by atoms with Gasteiger partial charge in [-0.15, -0.1) is 0 Å². The molecule has 0 bridgehead atoms. The minimum Gasteiger partial charge on any atom is -0.465 e. The summed E-state index contributed by atoms with van der Waals surface area (Å²) >= 11 is 0. The molecular weight excluding hydrogens is 214 g/mol. The molecule has 1 aliphatic carbocycles. The number of pyridine rings is 1. The summed E-state index contributed by atoms with van der Waals surface area (Å²) in [5, 5.41) is 0. The van der Waals surface area contributed by atoms with Gasteiger partial charge in [0, 0.05) is 5.69 Å². The van der Waals surface area contributed by atoms with Crippen LogP contribution in [0.4, 0.5) is 0 Å². The highest BCUT2D eigenvalue weighted by atomic mass is 16.5. The Morgan fingerprint density at radius 2 is 2.12 bits per heavy atom. The van der Waals surface area contributed by atoms with Crippen molar-refractivity contribution in [3.8, 4) is 0 Å². The Hall–Kier alpha value is -1.38. The van der Waals surface area contributed by atoms with Crippen LogP contribution in [-0.2, 0) is 11.2 Å². The van der Waals surface area contributed by atoms with E-state index in [1.54, 1.807) is 0 Å². The fraction of sp³-hybridized carbons (Fsp3) is 0.571. The summed E-state index contributed by atoms with van der Waals surface area (Å²) in [6, 6.07) is 3.79. The lowest BCUT2D eigenvalue weighted by Gasteiger charge is -2.10. The molecule has 1 aromatic heterocycles. The van der Waals surface area contributed by atoms with Gasteiger partial charge in [0.25, 0.3) is 0 Å². The summed E-state index contributed by atoms with van der Waals surface area (Å²) < 4.78 is 4.71. The molecule has 0 amide bonds. The van der Waals surface area contributed by atoms with Gasteiger partial charge < -0.3 is 4.74 Å². The van der Waals surface area contributed by atoms with Crippen LogP contribution in [0, 0.1) is 12.8 Å². The summed E-state index contributed by atoms with van der Waals surface area (Å²) in [4.78, 5) is 15.9. The van der Waals surface area contributed by atoms with E-state index < -0.39 is 0 Å². The first kappa shape index (κ1) is 12.1. The highest BCUT2D eigenvalue weighted by Gasteiger charge is 2.17. The van der Waals surface area contributed by atoms with Crippen LogP contribution in [0.25, 0.3) is 0 Å². The second-order valence-corrected chi connectivity index (χ2v) is 4.78. The maximum absolute atomic E-state index is 11.4. The zero-order chi connectivity index (χ0) is 12.3. The number of aromatic nitrogens is 1. The average molecular weight is 233 g/mol. The van der Waals surface area contributed by atoms with Gasteiger partial charge in [0.15, 0.2) is 0 Å². The standard InChI is InChI=1S/C14H19NO2/c1-10-13(14(16)17-2)8-7-12(15-10)9-11-5-3-4-6-11/h7-8,11H,3-6,9H2,1-2H3. The third-order valence-electron chi connectivity index (χ3n) is 3.52. The van der Waals surface area contributed by atoms with E-state index in [0.29, 0.717) is 5.56 Å². The number of hydrogen-bond donors (Lipinski definition) is 0. The van der Waals surface area contributed by atoms with Gasteiger partial charge in [0.2, 0.25) is 0 Å². The van der Waals surface area contributed by atoms with Crippen molar-refractivity contribution in [2.24, 2.45) is 5.92 Å². The molecule has 2 rings (SSSR count). The monoisotopic (exact) mass is 233 g/mol. The molecule has 0 saturated heterocycles. The largest absolute Gasteiger partial charge is 0.465 e. The van der Waals surface area contributed by atoms with Crippen LogP contribution in [0.5, 0.6) is 0 Å². The number of nitrogens with zero attached hydrogens (tertiary/aromatic N) is 1. The molecule has 0 spiro atoms. The predicted octanol–water partition coefficient (Wildman–Crippen LogP) is 2.91. The van der Waals surface area contributed by atoms with E-state index in [0.717, 1.165) is 23.7 Å². The second kappa shape index (κ2) is 5.30. The summed E-state index contributed by atoms with van der Waals surface area (Å²) in [6.45, 7) is 1.87. The van der Waals surface area contributed by atoms with Crippen LogP contribution in [0.15, 0.2) is 12.1 Å². The molecule has 0 atom stereocenters. The van der Waals surface area contributed by atoms with E-state index >= 15 is 0 Å². The normalized spacial score (nSPS) is 16.1. The van der Waals surface area contributed by atoms with Crippen molar-refractivity contribution in [2.75, 3.05) is 7.11 Å². The smallest absolute Gasteiger partial charge is 0.339 e. The molecule has 1 aliphatic rings. The van der Waals surface area contributed by atoms with Gasteiger partial charge in [0.1, 0.15) is 0 Å². The maximum atomic E-state index is 11.4. The molecule has 0 radical (unpaired) electrons. The van der Waals surface area contributed by atoms with Crippen molar-refractivity contribution >= 4 is 5.97 Å². The highest BCUT2D eigenvalue weighted by Crippen LogP contribution is 2.27. The number of methoxy groups -OCH3 is 1. The van der Waals surface area contributed by atoms with Crippen molar-refractivity contribution < 1.29 is 9.53 Å². The lowest BCUT2D eigenvalue weighted by molar-refractivity contribution is 0.0599. The van der Waals surface area contributed by atoms with Crippen LogP contribution in [0.3, 0.4) is 0 Å². The maximum Gasteiger partial charge on any atom is 0.339 e. The average Bonchev–Trinajstić information content (AvgIpc) is 2.81. The molecule has 1 aromatic rings. The molecule has 1 fully saturated rings. The first-order valence-electron chi connectivity index (χ1n) is 6.25. The van der Waals surface area contributed by atoms with Gasteiger partial charge >= 0.3 is 5.97 Å². The minimum absolute atomic E-state index is 0.303. The van der Waals surface area contributed by atoms with Gasteiger partial charge in [-0.1, -0.05) is 25.7 Å². The predicted molar refractivity (Wildman–Crippen MR) is 66.0 cm³/mol. The topological polar surface area (TPSA) is 39.2 Å². The number of aryl methyl sites for hydroxylation is 1. The van der Waals surface area contributed by atoms with Crippen LogP contribution in [0.2, 0.25) is 0 Å². The SMILES string of the molecule is COC(=O)c1ccc(CC2CCCC2)nc1C. The Kier molecular flexibility index (Phi) is 3.77. The summed E-state index contributed by atoms with van der Waals surface area (Å²) in [5.74, 6) is 0.480. The van der Waals surface area contributed by atoms with E-state index in [-0.39, 0.29) is 5.97 Å². The van der Waals surface area contributed by atoms with Gasteiger partial charge in [0.05, 0.1) is 18.4 Å². The molecule has 0 unspecified atom stereocenters. The molecule has 3 nitrogen and oxygen atoms in total. The van der Waals surface area contributed by atoms with E-state index in [1.165, 1.54) is 32.8 Å². The Bertz CT molecular complexity index is 409. The van der Waals surface area contributed by atoms with Gasteiger partial charge in [-0.25, -0.2) is 4.79 Å². The number of esters is 1. The van der Waals surface area contributed by atoms with Crippen molar-refractivity contribution in [1.82, 2.24) is 4.98 Å². The van der Waals surface area contributed by atoms with Crippen molar-refractivity contribution in [3.05, 3.63) is 29.1 Å². The lowest BCUT2D eigenvalue weighted by atomic mass is 10.0. The van der Waals surface area contributed by atoms with Crippen molar-refractivity contribution in [1.29, 1.82) is 0 Å². The fourth-order valence-corrected chi connectivity index (χ4v) is 2.56. The molecule has 17 heavy (non-hydrogen) atoms. The summed E-state index contributed by atoms with van der Waals surface area (Å²) in [7, 11) is 1.40. The third kappa shape index (κ3) is 2.84. The van der Waals surface area contributed by atoms with Gasteiger partial charge in [-0.3, -0.25) is 4.98 Å². The van der Waals surface area contributed by atoms with E-state index in [2.05, 4.69) is 4.98 Å². The van der Waals surface area contributed by atoms with E-state index in [9.17, 15) is 4.79 Å². The van der Waals surface area contributed by atoms with Gasteiger partial charge in [-0.2, -0.15) is 0 Å². The molecule has 0 aromatic carbocycles. The molecular formula is C14H19NO2. The first-order valence-corrected chi connectivity index (χ1v) is 6.25. The quantitative estimate of drug-likeness (QED) is 0.753. The number of hydrogen-bond acceptors (Lipinski definition) is 3. The number of rotatable bonds is 3. The molecule has 1 heterocycles. The Morgan fingerprint density at radius 3 is 2.71 bits per heavy atom. The van der Waals surface area contributed by atoms with Crippen molar-refractivity contribution in [3.63, 3.8) is 0 Å². The summed E-state index contributed by atoms with van der Waals surface area (Å²) in [5.41, 5.74) is 2.44. The van der Waals surface area contributed by atoms with E-state index in [4.69, 9.17) is 4.74 Å². The second-order valence-electron chi connectivity index (χ2n) is 4.78. The molecule has 0 N–H and O–H groups in total. The molecule has 1 saturated carbocycles. The zero-order valence-electron chi connectivity index (χ0n) is 10.5. The Morgan fingerprint density at radius 1 is 1.41 bits per heavy atom. The fourth-order valence-electron chi connectivity index (χ4n) is 2.56. The van der Waals surface area contributed by atoms with E-state index in [1.807, 2.05) is 19.1 Å². The van der Waals surface area contributed by atoms with Crippen LogP contribution < -0.4 is 0 Å². The lowest BCUT2D eigenvalue weighted by Crippen LogP contribution is -2.08. The van der Waals surface area contributed by atoms with Crippen LogP contribution >= 0.6 is 0 Å². The number of carbonyl (C=O) groups is 1. The molecule has 0 aliphatic heterocycles. The Labute approximate surface area is 102 Å². The highest BCUT2D eigenvalue weighted by molar-refractivity contribution is 5.90. The van der Waals surface area contributed by atoms with Crippen LogP contribution in [0.1, 0.15) is 47.4 Å². The zero-order valence-corrected chi connectivity index (χ0v) is 10.5. The third-order valence-corrected chi connectivity index (χ3v) is 3.52. The number of ether oxygens (including phenoxy) is 1. The minimum atomic E-state index is -0.303. The molecule has 92 valence electrons. The first-order chi connectivity index (χ1) is 8.20. The van der Waals surface area contributed by atoms with Crippen LogP contribution in [-0.4, -0.2) is 18.1 Å². The van der Waals surface area contributed by atoms with Gasteiger partial charge in [-0.05, 0) is 31.4 Å². The van der Waals surface area contributed by atoms with Crippen molar-refractivity contribution in [2.45, 2.75) is 39.0 Å². The Balaban J connectivity index is 2.10. The summed E-state index contributed by atoms with van der Waals surface area (Å²) in [6.07, 6.45) is 6.38. The molecule has 3 heteroatoms.